The number of nitrogens with zero attached hydrogens (tertiary/aromatic N) is 4. The van der Waals surface area contributed by atoms with Crippen molar-refractivity contribution in [3.63, 3.8) is 0 Å². The largest absolute Gasteiger partial charge is 0.382 e. The van der Waals surface area contributed by atoms with Crippen LogP contribution in [0.15, 0.2) is 66.3 Å². The molecule has 0 aliphatic heterocycles. The third-order valence-corrected chi connectivity index (χ3v) is 6.15. The maximum Gasteiger partial charge on any atom is 0.275 e. The number of benzene rings is 2. The minimum absolute atomic E-state index is 0.189. The van der Waals surface area contributed by atoms with Crippen LogP contribution in [0.3, 0.4) is 0 Å². The van der Waals surface area contributed by atoms with E-state index in [1.165, 1.54) is 17.5 Å². The molecule has 178 valence electrons. The highest BCUT2D eigenvalue weighted by molar-refractivity contribution is 7.15. The Kier molecular flexibility index (Phi) is 7.05. The maximum absolute atomic E-state index is 13.0. The molecule has 0 atom stereocenters. The minimum atomic E-state index is -0.334. The van der Waals surface area contributed by atoms with Crippen molar-refractivity contribution in [2.45, 2.75) is 6.61 Å². The third-order valence-electron chi connectivity index (χ3n) is 5.26. The highest BCUT2D eigenvalue weighted by Gasteiger charge is 2.16. The molecule has 9 nitrogen and oxygen atoms in total. The van der Waals surface area contributed by atoms with Gasteiger partial charge in [-0.15, -0.1) is 11.3 Å². The molecule has 3 aromatic heterocycles. The van der Waals surface area contributed by atoms with Crippen LogP contribution in [0.4, 0.5) is 5.69 Å². The summed E-state index contributed by atoms with van der Waals surface area (Å²) in [6.45, 7) is 1.59. The van der Waals surface area contributed by atoms with Gasteiger partial charge in [0, 0.05) is 24.3 Å². The summed E-state index contributed by atoms with van der Waals surface area (Å²) in [6.07, 6.45) is 3.43. The Bertz CT molecular complexity index is 1460. The van der Waals surface area contributed by atoms with Crippen molar-refractivity contribution in [3.8, 4) is 11.3 Å². The molecular formula is C25H23N5O4S. The summed E-state index contributed by atoms with van der Waals surface area (Å²) >= 11 is 1.52. The van der Waals surface area contributed by atoms with Gasteiger partial charge in [-0.05, 0) is 18.2 Å². The van der Waals surface area contributed by atoms with Crippen LogP contribution in [-0.2, 0) is 20.8 Å². The normalized spacial score (nSPS) is 11.3. The van der Waals surface area contributed by atoms with Crippen molar-refractivity contribution in [3.05, 3.63) is 77.7 Å². The first-order chi connectivity index (χ1) is 17.2. The van der Waals surface area contributed by atoms with Crippen molar-refractivity contribution >= 4 is 38.9 Å². The van der Waals surface area contributed by atoms with Crippen LogP contribution in [0, 0.1) is 0 Å². The van der Waals surface area contributed by atoms with E-state index >= 15 is 0 Å². The van der Waals surface area contributed by atoms with E-state index in [2.05, 4.69) is 15.3 Å². The van der Waals surface area contributed by atoms with Gasteiger partial charge in [-0.2, -0.15) is 0 Å². The molecule has 10 heteroatoms. The first-order valence-electron chi connectivity index (χ1n) is 11.0. The lowest BCUT2D eigenvalue weighted by molar-refractivity contribution is -0.0733. The molecule has 0 aliphatic carbocycles. The molecule has 1 N–H and O–H groups in total. The standard InChI is InChI=1S/C25H23N5O4S/c1-32-10-11-33-16-34-14-17-15-35-25-29-23(13-30(17)25)18-6-2-3-7-19(18)28-24(31)22-12-26-20-8-4-5-9-21(20)27-22/h2-9,12-13,15H,10-11,14,16H2,1H3,(H,28,31). The van der Waals surface area contributed by atoms with Crippen LogP contribution < -0.4 is 5.32 Å². The summed E-state index contributed by atoms with van der Waals surface area (Å²) in [7, 11) is 1.63. The van der Waals surface area contributed by atoms with Gasteiger partial charge in [-0.3, -0.25) is 14.2 Å². The fourth-order valence-corrected chi connectivity index (χ4v) is 4.40. The summed E-state index contributed by atoms with van der Waals surface area (Å²) in [5, 5.41) is 4.97. The smallest absolute Gasteiger partial charge is 0.275 e. The fraction of sp³-hybridized carbons (Fsp3) is 0.200. The average molecular weight is 490 g/mol. The Morgan fingerprint density at radius 2 is 1.86 bits per heavy atom. The molecule has 0 unspecified atom stereocenters. The van der Waals surface area contributed by atoms with Gasteiger partial charge < -0.3 is 19.5 Å². The zero-order chi connectivity index (χ0) is 24.0. The van der Waals surface area contributed by atoms with Crippen molar-refractivity contribution in [2.75, 3.05) is 32.4 Å². The molecule has 0 fully saturated rings. The SMILES string of the molecule is COCCOCOCc1csc2nc(-c3ccccc3NC(=O)c3cnc4ccccc4n3)cn12. The summed E-state index contributed by atoms with van der Waals surface area (Å²) < 4.78 is 17.9. The van der Waals surface area contributed by atoms with Crippen LogP contribution >= 0.6 is 11.3 Å². The van der Waals surface area contributed by atoms with Gasteiger partial charge >= 0.3 is 0 Å². The number of anilines is 1. The van der Waals surface area contributed by atoms with Gasteiger partial charge in [0.2, 0.25) is 0 Å². The molecule has 3 heterocycles. The van der Waals surface area contributed by atoms with Gasteiger partial charge in [-0.25, -0.2) is 9.97 Å². The first-order valence-corrected chi connectivity index (χ1v) is 11.8. The molecule has 35 heavy (non-hydrogen) atoms. The number of hydrogen-bond acceptors (Lipinski definition) is 8. The second-order valence-corrected chi connectivity index (χ2v) is 8.45. The highest BCUT2D eigenvalue weighted by atomic mass is 32.1. The van der Waals surface area contributed by atoms with E-state index in [9.17, 15) is 4.79 Å². The average Bonchev–Trinajstić information content (AvgIpc) is 3.47. The molecule has 0 aliphatic rings. The highest BCUT2D eigenvalue weighted by Crippen LogP contribution is 2.30. The van der Waals surface area contributed by atoms with E-state index in [0.29, 0.717) is 31.0 Å². The van der Waals surface area contributed by atoms with Gasteiger partial charge in [-0.1, -0.05) is 30.3 Å². The zero-order valence-electron chi connectivity index (χ0n) is 19.0. The Hall–Kier alpha value is -3.70. The zero-order valence-corrected chi connectivity index (χ0v) is 19.8. The number of imidazole rings is 1. The van der Waals surface area contributed by atoms with Crippen molar-refractivity contribution < 1.29 is 19.0 Å². The van der Waals surface area contributed by atoms with E-state index in [0.717, 1.165) is 27.4 Å². The molecule has 0 saturated carbocycles. The lowest BCUT2D eigenvalue weighted by Gasteiger charge is -2.09. The van der Waals surface area contributed by atoms with Crippen molar-refractivity contribution in [1.29, 1.82) is 0 Å². The van der Waals surface area contributed by atoms with Crippen molar-refractivity contribution in [2.24, 2.45) is 0 Å². The van der Waals surface area contributed by atoms with Gasteiger partial charge in [0.1, 0.15) is 12.5 Å². The first kappa shape index (κ1) is 23.1. The summed E-state index contributed by atoms with van der Waals surface area (Å²) in [4.78, 5) is 27.3. The number of hydrogen-bond donors (Lipinski definition) is 1. The summed E-state index contributed by atoms with van der Waals surface area (Å²) in [6, 6.07) is 15.0. The number of thiazole rings is 1. The van der Waals surface area contributed by atoms with E-state index in [-0.39, 0.29) is 18.4 Å². The topological polar surface area (TPSA) is 99.9 Å². The monoisotopic (exact) mass is 489 g/mol. The number of methoxy groups -OCH3 is 1. The molecule has 2 aromatic carbocycles. The third kappa shape index (κ3) is 5.20. The van der Waals surface area contributed by atoms with Crippen LogP contribution in [0.1, 0.15) is 16.2 Å². The molecule has 5 aromatic rings. The second-order valence-electron chi connectivity index (χ2n) is 7.62. The lowest BCUT2D eigenvalue weighted by atomic mass is 10.1. The van der Waals surface area contributed by atoms with Gasteiger partial charge in [0.05, 0.1) is 54.1 Å². The molecule has 0 spiro atoms. The summed E-state index contributed by atoms with van der Waals surface area (Å²) in [5.41, 5.74) is 4.81. The molecule has 0 saturated heterocycles. The number of carbonyl (C=O) groups is 1. The van der Waals surface area contributed by atoms with Crippen LogP contribution in [0.5, 0.6) is 0 Å². The van der Waals surface area contributed by atoms with Gasteiger partial charge in [0.15, 0.2) is 4.96 Å². The molecule has 0 radical (unpaired) electrons. The Morgan fingerprint density at radius 1 is 1.03 bits per heavy atom. The second kappa shape index (κ2) is 10.7. The Morgan fingerprint density at radius 3 is 2.74 bits per heavy atom. The number of ether oxygens (including phenoxy) is 3. The maximum atomic E-state index is 13.0. The minimum Gasteiger partial charge on any atom is -0.382 e. The number of amides is 1. The number of carbonyl (C=O) groups excluding carboxylic acids is 1. The number of aromatic nitrogens is 4. The molecule has 5 rings (SSSR count). The van der Waals surface area contributed by atoms with E-state index in [1.807, 2.05) is 64.5 Å². The van der Waals surface area contributed by atoms with Crippen LogP contribution in [-0.4, -0.2) is 52.4 Å². The van der Waals surface area contributed by atoms with Crippen molar-refractivity contribution in [1.82, 2.24) is 19.4 Å². The molecular weight excluding hydrogens is 466 g/mol. The lowest BCUT2D eigenvalue weighted by Crippen LogP contribution is -2.14. The van der Waals surface area contributed by atoms with Crippen LogP contribution in [0.25, 0.3) is 27.3 Å². The number of rotatable bonds is 10. The predicted octanol–water partition coefficient (Wildman–Crippen LogP) is 4.40. The predicted molar refractivity (Wildman–Crippen MR) is 133 cm³/mol. The number of nitrogens with one attached hydrogen (secondary N) is 1. The molecule has 1 amide bonds. The van der Waals surface area contributed by atoms with E-state index in [1.54, 1.807) is 7.11 Å². The van der Waals surface area contributed by atoms with E-state index < -0.39 is 0 Å². The number of fused-ring (bicyclic) bond motifs is 2. The van der Waals surface area contributed by atoms with E-state index in [4.69, 9.17) is 19.2 Å². The Balaban J connectivity index is 1.33. The van der Waals surface area contributed by atoms with Crippen LogP contribution in [0.2, 0.25) is 0 Å². The summed E-state index contributed by atoms with van der Waals surface area (Å²) in [5.74, 6) is -0.334. The Labute approximate surface area is 205 Å². The number of para-hydroxylation sites is 3. The van der Waals surface area contributed by atoms with Gasteiger partial charge in [0.25, 0.3) is 5.91 Å². The quantitative estimate of drug-likeness (QED) is 0.229. The fourth-order valence-electron chi connectivity index (χ4n) is 3.54. The molecule has 0 bridgehead atoms.